The van der Waals surface area contributed by atoms with Crippen LogP contribution in [-0.2, 0) is 9.09 Å². The molecule has 1 saturated carbocycles. The number of amides is 2. The Labute approximate surface area is 236 Å². The van der Waals surface area contributed by atoms with Gasteiger partial charge in [0.15, 0.2) is 5.82 Å². The van der Waals surface area contributed by atoms with Gasteiger partial charge in [0.05, 0.1) is 5.56 Å². The summed E-state index contributed by atoms with van der Waals surface area (Å²) < 4.78 is 17.7. The first-order valence-corrected chi connectivity index (χ1v) is 13.1. The molecule has 3 N–H and O–H groups in total. The normalized spacial score (nSPS) is 14.5. The molecular weight excluding hydrogens is 510 g/mol. The van der Waals surface area contributed by atoms with E-state index in [0.717, 1.165) is 19.3 Å². The van der Waals surface area contributed by atoms with Crippen molar-refractivity contribution in [3.63, 3.8) is 0 Å². The Bertz CT molecular complexity index is 1350. The molecule has 0 aliphatic heterocycles. The maximum absolute atomic E-state index is 12.7. The molecule has 2 amide bonds. The van der Waals surface area contributed by atoms with Gasteiger partial charge in [-0.3, -0.25) is 23.6 Å². The smallest absolute Gasteiger partial charge is 0.756 e. The monoisotopic (exact) mass is 538 g/mol. The molecule has 0 radical (unpaired) electrons. The van der Waals surface area contributed by atoms with E-state index < -0.39 is 14.6 Å². The zero-order valence-corrected chi connectivity index (χ0v) is 24.1. The number of nitrogens with one attached hydrogen (secondary N) is 2. The van der Waals surface area contributed by atoms with Crippen molar-refractivity contribution in [3.05, 3.63) is 53.0 Å². The van der Waals surface area contributed by atoms with E-state index in [9.17, 15) is 23.9 Å². The molecule has 1 atom stereocenters. The van der Waals surface area contributed by atoms with Crippen molar-refractivity contribution < 1.29 is 58.0 Å². The van der Waals surface area contributed by atoms with Gasteiger partial charge in [-0.05, 0) is 56.4 Å². The fourth-order valence-electron chi connectivity index (χ4n) is 3.82. The van der Waals surface area contributed by atoms with E-state index in [1.165, 1.54) is 15.7 Å². The molecule has 1 unspecified atom stereocenters. The first kappa shape index (κ1) is 29.2. The summed E-state index contributed by atoms with van der Waals surface area (Å²) in [6.07, 6.45) is 5.46. The van der Waals surface area contributed by atoms with Crippen LogP contribution < -0.4 is 50.0 Å². The second kappa shape index (κ2) is 12.0. The molecule has 1 aliphatic rings. The fourth-order valence-corrected chi connectivity index (χ4v) is 4.08. The summed E-state index contributed by atoms with van der Waals surface area (Å²) in [5.74, 6) is -0.297. The van der Waals surface area contributed by atoms with E-state index in [-0.39, 0.29) is 53.2 Å². The Kier molecular flexibility index (Phi) is 9.52. The first-order chi connectivity index (χ1) is 17.1. The van der Waals surface area contributed by atoms with Gasteiger partial charge in [-0.25, -0.2) is 9.50 Å². The van der Waals surface area contributed by atoms with Crippen molar-refractivity contribution in [1.29, 1.82) is 0 Å². The molecule has 14 heteroatoms. The molecular formula is C23H28N6NaO6P. The zero-order valence-electron chi connectivity index (χ0n) is 21.2. The molecule has 1 aliphatic carbocycles. The van der Waals surface area contributed by atoms with Crippen LogP contribution in [0.5, 0.6) is 0 Å². The van der Waals surface area contributed by atoms with Gasteiger partial charge in [-0.15, -0.1) is 0 Å². The maximum Gasteiger partial charge on any atom is 1.00 e. The molecule has 192 valence electrons. The van der Waals surface area contributed by atoms with Crippen LogP contribution in [0.4, 0.5) is 11.5 Å². The number of carbonyl (C=O) groups is 2. The minimum atomic E-state index is -5.10. The molecule has 0 spiro atoms. The predicted octanol–water partition coefficient (Wildman–Crippen LogP) is -1.04. The second-order valence-corrected chi connectivity index (χ2v) is 9.90. The van der Waals surface area contributed by atoms with Crippen molar-refractivity contribution in [2.45, 2.75) is 46.1 Å². The number of phosphoric ester groups is 1. The average Bonchev–Trinajstić information content (AvgIpc) is 3.58. The van der Waals surface area contributed by atoms with Gasteiger partial charge in [0.25, 0.3) is 19.6 Å². The Balaban J connectivity index is 0.00000380. The van der Waals surface area contributed by atoms with E-state index in [1.54, 1.807) is 38.2 Å². The molecule has 3 aromatic rings. The minimum Gasteiger partial charge on any atom is -0.756 e. The van der Waals surface area contributed by atoms with Gasteiger partial charge in [0, 0.05) is 30.0 Å². The summed E-state index contributed by atoms with van der Waals surface area (Å²) >= 11 is 0. The van der Waals surface area contributed by atoms with Gasteiger partial charge in [-0.2, -0.15) is 5.10 Å². The van der Waals surface area contributed by atoms with Crippen LogP contribution in [0.15, 0.2) is 30.7 Å². The van der Waals surface area contributed by atoms with Gasteiger partial charge < -0.3 is 20.4 Å². The number of nitrogens with zero attached hydrogens (tertiary/aromatic N) is 4. The van der Waals surface area contributed by atoms with E-state index >= 15 is 0 Å². The number of hydrogen-bond donors (Lipinski definition) is 3. The molecule has 2 aromatic heterocycles. The van der Waals surface area contributed by atoms with Crippen LogP contribution in [0.25, 0.3) is 5.52 Å². The third-order valence-electron chi connectivity index (χ3n) is 5.87. The van der Waals surface area contributed by atoms with Gasteiger partial charge >= 0.3 is 29.6 Å². The molecule has 2 heterocycles. The number of phosphoric acid groups is 1. The summed E-state index contributed by atoms with van der Waals surface area (Å²) in [7, 11) is -5.10. The largest absolute Gasteiger partial charge is 1.00 e. The Morgan fingerprint density at radius 1 is 1.30 bits per heavy atom. The topological polar surface area (TPSA) is 161 Å². The first-order valence-electron chi connectivity index (χ1n) is 11.6. The number of aryl methyl sites for hydroxylation is 2. The number of rotatable bonds is 10. The van der Waals surface area contributed by atoms with Crippen LogP contribution in [0.1, 0.15) is 58.0 Å². The van der Waals surface area contributed by atoms with Crippen LogP contribution >= 0.6 is 7.82 Å². The number of benzene rings is 1. The summed E-state index contributed by atoms with van der Waals surface area (Å²) in [6, 6.07) is 5.17. The molecule has 37 heavy (non-hydrogen) atoms. The van der Waals surface area contributed by atoms with E-state index in [0.29, 0.717) is 40.0 Å². The second-order valence-electron chi connectivity index (χ2n) is 8.70. The maximum atomic E-state index is 12.7. The summed E-state index contributed by atoms with van der Waals surface area (Å²) in [5.41, 5.74) is 2.90. The number of hydrogen-bond acceptors (Lipinski definition) is 8. The van der Waals surface area contributed by atoms with Gasteiger partial charge in [-0.1, -0.05) is 13.0 Å². The molecule has 12 nitrogen and oxygen atoms in total. The Morgan fingerprint density at radius 3 is 2.68 bits per heavy atom. The van der Waals surface area contributed by atoms with E-state index in [4.69, 9.17) is 4.52 Å². The molecule has 0 bridgehead atoms. The Morgan fingerprint density at radius 2 is 2.03 bits per heavy atom. The summed E-state index contributed by atoms with van der Waals surface area (Å²) in [4.78, 5) is 52.0. The quantitative estimate of drug-likeness (QED) is 0.166. The van der Waals surface area contributed by atoms with Crippen molar-refractivity contribution in [3.8, 4) is 0 Å². The van der Waals surface area contributed by atoms with Crippen LogP contribution in [-0.4, -0.2) is 50.6 Å². The number of fused-ring (bicyclic) bond motifs is 1. The fraction of sp³-hybridized carbons (Fsp3) is 0.391. The number of aromatic nitrogens is 3. The zero-order chi connectivity index (χ0) is 26.0. The Hall–Kier alpha value is -2.31. The minimum absolute atomic E-state index is 0. The third-order valence-corrected chi connectivity index (χ3v) is 6.31. The van der Waals surface area contributed by atoms with Crippen LogP contribution in [0.2, 0.25) is 0 Å². The van der Waals surface area contributed by atoms with Crippen molar-refractivity contribution in [2.24, 2.45) is 0 Å². The molecule has 4 rings (SSSR count). The van der Waals surface area contributed by atoms with Gasteiger partial charge in [0.1, 0.15) is 18.6 Å². The molecule has 1 fully saturated rings. The van der Waals surface area contributed by atoms with Crippen molar-refractivity contribution in [1.82, 2.24) is 25.2 Å². The van der Waals surface area contributed by atoms with Crippen molar-refractivity contribution in [2.75, 3.05) is 18.2 Å². The number of carbonyl (C=O) groups excluding carboxylic acids is 2. The van der Waals surface area contributed by atoms with Crippen LogP contribution in [0, 0.1) is 13.8 Å². The SMILES string of the molecule is CCCNC(=O)c1cn2ncnc(N(COP(=O)([O-])O)c3cc(C(=O)NC4CC4)ccc3C)c2c1C.[Na+]. The van der Waals surface area contributed by atoms with Gasteiger partial charge in [0.2, 0.25) is 0 Å². The van der Waals surface area contributed by atoms with Crippen LogP contribution in [0.3, 0.4) is 0 Å². The molecule has 0 saturated heterocycles. The van der Waals surface area contributed by atoms with E-state index in [1.807, 2.05) is 6.92 Å². The van der Waals surface area contributed by atoms with E-state index in [2.05, 4.69) is 20.7 Å². The molecule has 1 aromatic carbocycles. The average molecular weight is 538 g/mol. The predicted molar refractivity (Wildman–Crippen MR) is 130 cm³/mol. The standard InChI is InChI=1S/C23H29N6O6P.Na/c1-4-9-24-23(31)18-11-29-20(15(18)3)21(25-12-26-29)28(13-35-36(32,33)34)19-10-16(6-5-14(19)2)22(30)27-17-7-8-17;/h5-6,10-12,17H,4,7-9,13H2,1-3H3,(H,24,31)(H,27,30)(H2,32,33,34);/q;+1/p-1. The summed E-state index contributed by atoms with van der Waals surface area (Å²) in [5, 5.41) is 9.96. The number of anilines is 2. The third kappa shape index (κ3) is 6.97. The summed E-state index contributed by atoms with van der Waals surface area (Å²) in [6.45, 7) is 5.35. The van der Waals surface area contributed by atoms with Crippen molar-refractivity contribution >= 4 is 36.7 Å².